The normalized spacial score (nSPS) is 18.8. The number of nitriles is 1. The molecule has 2 aliphatic rings. The number of amides is 1. The summed E-state index contributed by atoms with van der Waals surface area (Å²) in [4.78, 5) is 21.6. The highest BCUT2D eigenvalue weighted by atomic mass is 19.3. The minimum atomic E-state index is -2.74. The quantitative estimate of drug-likeness (QED) is 0.485. The van der Waals surface area contributed by atoms with Crippen LogP contribution in [0.3, 0.4) is 0 Å². The lowest BCUT2D eigenvalue weighted by Crippen LogP contribution is -2.43. The van der Waals surface area contributed by atoms with Crippen LogP contribution in [0.15, 0.2) is 42.6 Å². The molecule has 0 aliphatic carbocycles. The highest BCUT2D eigenvalue weighted by Crippen LogP contribution is 2.32. The molecular weight excluding hydrogens is 476 g/mol. The van der Waals surface area contributed by atoms with E-state index in [1.165, 1.54) is 4.90 Å². The maximum atomic E-state index is 13.7. The van der Waals surface area contributed by atoms with E-state index in [-0.39, 0.29) is 43.6 Å². The van der Waals surface area contributed by atoms with Gasteiger partial charge in [0.25, 0.3) is 11.8 Å². The van der Waals surface area contributed by atoms with Gasteiger partial charge in [0.15, 0.2) is 0 Å². The first kappa shape index (κ1) is 25.2. The molecule has 1 aromatic carbocycles. The summed E-state index contributed by atoms with van der Waals surface area (Å²) in [7, 11) is 0. The maximum absolute atomic E-state index is 13.7. The molecule has 4 heterocycles. The monoisotopic (exact) mass is 507 g/mol. The van der Waals surface area contributed by atoms with Crippen LogP contribution in [0.25, 0.3) is 16.6 Å². The summed E-state index contributed by atoms with van der Waals surface area (Å²) in [5, 5.41) is 9.95. The zero-order valence-electron chi connectivity index (χ0n) is 21.2. The molecular formula is C28H31F2N5O2. The van der Waals surface area contributed by atoms with E-state index in [9.17, 15) is 13.6 Å². The lowest BCUT2D eigenvalue weighted by molar-refractivity contribution is -0.0495. The van der Waals surface area contributed by atoms with E-state index in [4.69, 9.17) is 10.00 Å². The van der Waals surface area contributed by atoms with Crippen molar-refractivity contribution in [1.29, 1.82) is 5.26 Å². The summed E-state index contributed by atoms with van der Waals surface area (Å²) in [6.07, 6.45) is 2.91. The van der Waals surface area contributed by atoms with Crippen LogP contribution in [-0.4, -0.2) is 69.5 Å². The number of fused-ring (bicyclic) bond motifs is 1. The minimum Gasteiger partial charge on any atom is -0.490 e. The Balaban J connectivity index is 1.46. The number of carbonyl (C=O) groups is 1. The standard InChI is InChI=1S/C28H31F2N5O2/c1-19(2)33-11-7-23(8-12-33)37-24-5-6-25-20(15-24)16-26(27(36)34-13-9-28(29,30)10-14-34)35(25)22-4-3-21(17-31)32-18-22/h3-6,15-16,18-19,23H,7-14H2,1-2H3. The topological polar surface area (TPSA) is 74.4 Å². The molecule has 2 saturated heterocycles. The number of hydrogen-bond donors (Lipinski definition) is 0. The Morgan fingerprint density at radius 1 is 1.11 bits per heavy atom. The average molecular weight is 508 g/mol. The first-order chi connectivity index (χ1) is 17.7. The van der Waals surface area contributed by atoms with E-state index in [1.807, 2.05) is 24.3 Å². The van der Waals surface area contributed by atoms with Crippen LogP contribution >= 0.6 is 0 Å². The van der Waals surface area contributed by atoms with E-state index in [0.717, 1.165) is 42.6 Å². The Hall–Kier alpha value is -3.51. The summed E-state index contributed by atoms with van der Waals surface area (Å²) in [5.74, 6) is -2.31. The summed E-state index contributed by atoms with van der Waals surface area (Å²) >= 11 is 0. The van der Waals surface area contributed by atoms with Gasteiger partial charge in [-0.15, -0.1) is 0 Å². The van der Waals surface area contributed by atoms with Gasteiger partial charge in [-0.05, 0) is 63.1 Å². The lowest BCUT2D eigenvalue weighted by atomic mass is 10.1. The molecule has 9 heteroatoms. The summed E-state index contributed by atoms with van der Waals surface area (Å²) in [5.41, 5.74) is 2.04. The van der Waals surface area contributed by atoms with Gasteiger partial charge in [-0.25, -0.2) is 13.8 Å². The van der Waals surface area contributed by atoms with Gasteiger partial charge < -0.3 is 19.1 Å². The third-order valence-electron chi connectivity index (χ3n) is 7.40. The molecule has 0 saturated carbocycles. The zero-order valence-corrected chi connectivity index (χ0v) is 21.2. The van der Waals surface area contributed by atoms with Crippen LogP contribution in [0.1, 0.15) is 55.7 Å². The molecule has 0 bridgehead atoms. The van der Waals surface area contributed by atoms with Gasteiger partial charge in [-0.1, -0.05) is 0 Å². The summed E-state index contributed by atoms with van der Waals surface area (Å²) in [6, 6.07) is 13.4. The number of nitrogens with zero attached hydrogens (tertiary/aromatic N) is 5. The van der Waals surface area contributed by atoms with Gasteiger partial charge in [0.05, 0.1) is 17.4 Å². The van der Waals surface area contributed by atoms with Crippen LogP contribution < -0.4 is 4.74 Å². The highest BCUT2D eigenvalue weighted by Gasteiger charge is 2.36. The molecule has 2 aliphatic heterocycles. The lowest BCUT2D eigenvalue weighted by Gasteiger charge is -2.34. The summed E-state index contributed by atoms with van der Waals surface area (Å²) in [6.45, 7) is 6.42. The van der Waals surface area contributed by atoms with Crippen LogP contribution in [0.2, 0.25) is 0 Å². The fourth-order valence-corrected chi connectivity index (χ4v) is 5.19. The molecule has 0 unspecified atom stereocenters. The first-order valence-electron chi connectivity index (χ1n) is 12.8. The third-order valence-corrected chi connectivity index (χ3v) is 7.40. The average Bonchev–Trinajstić information content (AvgIpc) is 3.27. The van der Waals surface area contributed by atoms with Crippen LogP contribution in [0, 0.1) is 11.3 Å². The van der Waals surface area contributed by atoms with Crippen molar-refractivity contribution in [2.24, 2.45) is 0 Å². The van der Waals surface area contributed by atoms with Crippen LogP contribution in [0.4, 0.5) is 8.78 Å². The molecule has 5 rings (SSSR count). The number of alkyl halides is 2. The third kappa shape index (κ3) is 5.30. The number of ether oxygens (including phenoxy) is 1. The largest absolute Gasteiger partial charge is 0.490 e. The fraction of sp³-hybridized carbons (Fsp3) is 0.464. The molecule has 2 aromatic heterocycles. The van der Waals surface area contributed by atoms with Gasteiger partial charge in [0.1, 0.15) is 29.3 Å². The predicted molar refractivity (Wildman–Crippen MR) is 136 cm³/mol. The minimum absolute atomic E-state index is 0.00240. The van der Waals surface area contributed by atoms with Crippen molar-refractivity contribution < 1.29 is 18.3 Å². The Morgan fingerprint density at radius 2 is 1.84 bits per heavy atom. The van der Waals surface area contributed by atoms with E-state index in [2.05, 4.69) is 23.7 Å². The second-order valence-corrected chi connectivity index (χ2v) is 10.2. The number of aromatic nitrogens is 2. The molecule has 0 N–H and O–H groups in total. The van der Waals surface area contributed by atoms with Gasteiger partial charge in [-0.3, -0.25) is 4.79 Å². The SMILES string of the molecule is CC(C)N1CCC(Oc2ccc3c(c2)cc(C(=O)N2CCC(F)(F)CC2)n3-c2ccc(C#N)nc2)CC1. The van der Waals surface area contributed by atoms with Crippen molar-refractivity contribution in [3.05, 3.63) is 54.0 Å². The number of benzene rings is 1. The van der Waals surface area contributed by atoms with Crippen molar-refractivity contribution in [2.45, 2.75) is 57.6 Å². The molecule has 194 valence electrons. The number of piperidine rings is 2. The molecule has 1 amide bonds. The van der Waals surface area contributed by atoms with Crippen LogP contribution in [-0.2, 0) is 0 Å². The number of carbonyl (C=O) groups excluding carboxylic acids is 1. The van der Waals surface area contributed by atoms with Crippen molar-refractivity contribution in [2.75, 3.05) is 26.2 Å². The molecule has 0 radical (unpaired) electrons. The van der Waals surface area contributed by atoms with Crippen molar-refractivity contribution in [3.8, 4) is 17.5 Å². The van der Waals surface area contributed by atoms with Gasteiger partial charge in [0.2, 0.25) is 0 Å². The van der Waals surface area contributed by atoms with Gasteiger partial charge >= 0.3 is 0 Å². The second kappa shape index (κ2) is 10.1. The highest BCUT2D eigenvalue weighted by molar-refractivity contribution is 6.00. The van der Waals surface area contributed by atoms with E-state index < -0.39 is 5.92 Å². The smallest absolute Gasteiger partial charge is 0.270 e. The van der Waals surface area contributed by atoms with Crippen LogP contribution in [0.5, 0.6) is 5.75 Å². The molecule has 7 nitrogen and oxygen atoms in total. The Kier molecular flexibility index (Phi) is 6.86. The number of rotatable bonds is 5. The van der Waals surface area contributed by atoms with Crippen molar-refractivity contribution >= 4 is 16.8 Å². The van der Waals surface area contributed by atoms with Gasteiger partial charge in [-0.2, -0.15) is 5.26 Å². The van der Waals surface area contributed by atoms with E-state index >= 15 is 0 Å². The number of halogens is 2. The maximum Gasteiger partial charge on any atom is 0.270 e. The Morgan fingerprint density at radius 3 is 2.46 bits per heavy atom. The fourth-order valence-electron chi connectivity index (χ4n) is 5.19. The number of hydrogen-bond acceptors (Lipinski definition) is 5. The second-order valence-electron chi connectivity index (χ2n) is 10.2. The number of pyridine rings is 1. The molecule has 37 heavy (non-hydrogen) atoms. The molecule has 0 atom stereocenters. The summed E-state index contributed by atoms with van der Waals surface area (Å²) < 4.78 is 35.6. The molecule has 3 aromatic rings. The van der Waals surface area contributed by atoms with Crippen molar-refractivity contribution in [3.63, 3.8) is 0 Å². The Bertz CT molecular complexity index is 1310. The van der Waals surface area contributed by atoms with Gasteiger partial charge in [0, 0.05) is 50.4 Å². The van der Waals surface area contributed by atoms with E-state index in [1.54, 1.807) is 29.0 Å². The predicted octanol–water partition coefficient (Wildman–Crippen LogP) is 5.02. The number of likely N-dealkylation sites (tertiary alicyclic amines) is 2. The molecule has 2 fully saturated rings. The Labute approximate surface area is 215 Å². The van der Waals surface area contributed by atoms with E-state index in [0.29, 0.717) is 17.4 Å². The zero-order chi connectivity index (χ0) is 26.2. The van der Waals surface area contributed by atoms with Crippen molar-refractivity contribution in [1.82, 2.24) is 19.4 Å². The molecule has 0 spiro atoms. The first-order valence-corrected chi connectivity index (χ1v) is 12.8.